The summed E-state index contributed by atoms with van der Waals surface area (Å²) in [5, 5.41) is 24.2. The quantitative estimate of drug-likeness (QED) is 0.0860. The fourth-order valence-electron chi connectivity index (χ4n) is 7.57. The number of rotatable bonds is 10. The number of nitrogens with zero attached hydrogens (tertiary/aromatic N) is 1. The molecule has 2 bridgehead atoms. The van der Waals surface area contributed by atoms with E-state index < -0.39 is 65.2 Å². The molecule has 1 aromatic carbocycles. The number of hydrogen-bond donors (Lipinski definition) is 9. The van der Waals surface area contributed by atoms with Crippen molar-refractivity contribution in [2.24, 2.45) is 22.8 Å². The number of benzene rings is 1. The molecule has 0 spiro atoms. The molecular formula is C39H60N10O7S. The van der Waals surface area contributed by atoms with Crippen molar-refractivity contribution in [1.82, 2.24) is 36.8 Å². The van der Waals surface area contributed by atoms with Crippen LogP contribution in [0.25, 0.3) is 0 Å². The van der Waals surface area contributed by atoms with Crippen LogP contribution in [0.15, 0.2) is 24.3 Å². The van der Waals surface area contributed by atoms with Crippen LogP contribution >= 0.6 is 11.8 Å². The number of carbonyl (C=O) groups excluding carboxylic acids is 7. The van der Waals surface area contributed by atoms with Gasteiger partial charge in [0.15, 0.2) is 5.96 Å². The maximum Gasteiger partial charge on any atom is 0.244 e. The lowest BCUT2D eigenvalue weighted by atomic mass is 9.83. The molecule has 4 rings (SSSR count). The van der Waals surface area contributed by atoms with E-state index in [0.717, 1.165) is 30.4 Å². The van der Waals surface area contributed by atoms with Crippen LogP contribution in [-0.4, -0.2) is 108 Å². The second-order valence-electron chi connectivity index (χ2n) is 16.2. The first-order chi connectivity index (χ1) is 27.0. The Morgan fingerprint density at radius 1 is 0.965 bits per heavy atom. The highest BCUT2D eigenvalue weighted by Gasteiger charge is 2.40. The van der Waals surface area contributed by atoms with E-state index in [1.165, 1.54) is 16.7 Å². The molecule has 57 heavy (non-hydrogen) atoms. The molecule has 5 atom stereocenters. The van der Waals surface area contributed by atoms with Crippen LogP contribution in [0.4, 0.5) is 0 Å². The van der Waals surface area contributed by atoms with Gasteiger partial charge in [0.1, 0.15) is 30.2 Å². The number of fused-ring (bicyclic) bond motifs is 3. The second kappa shape index (κ2) is 21.0. The van der Waals surface area contributed by atoms with E-state index >= 15 is 0 Å². The Morgan fingerprint density at radius 3 is 2.37 bits per heavy atom. The van der Waals surface area contributed by atoms with Crippen LogP contribution in [0, 0.1) is 16.7 Å². The van der Waals surface area contributed by atoms with Crippen LogP contribution < -0.4 is 43.4 Å². The van der Waals surface area contributed by atoms with Gasteiger partial charge in [-0.1, -0.05) is 64.3 Å². The number of thioether (sulfide) groups is 1. The fourth-order valence-corrected chi connectivity index (χ4v) is 8.58. The number of amides is 7. The Hall–Kier alpha value is -4.87. The summed E-state index contributed by atoms with van der Waals surface area (Å²) in [6.45, 7) is 5.56. The molecule has 2 fully saturated rings. The minimum absolute atomic E-state index is 0.0388. The average Bonchev–Trinajstić information content (AvgIpc) is 3.65. The number of nitrogens with one attached hydrogen (secondary N) is 7. The van der Waals surface area contributed by atoms with Crippen molar-refractivity contribution in [3.8, 4) is 0 Å². The molecule has 17 nitrogen and oxygen atoms in total. The van der Waals surface area contributed by atoms with Crippen molar-refractivity contribution in [2.45, 2.75) is 121 Å². The molecule has 314 valence electrons. The van der Waals surface area contributed by atoms with E-state index in [2.05, 4.69) is 31.9 Å². The molecule has 0 unspecified atom stereocenters. The van der Waals surface area contributed by atoms with E-state index in [4.69, 9.17) is 16.9 Å². The van der Waals surface area contributed by atoms with Gasteiger partial charge in [-0.2, -0.15) is 11.8 Å². The molecular weight excluding hydrogens is 753 g/mol. The van der Waals surface area contributed by atoms with Crippen molar-refractivity contribution >= 4 is 59.1 Å². The lowest BCUT2D eigenvalue weighted by molar-refractivity contribution is -0.140. The van der Waals surface area contributed by atoms with Crippen molar-refractivity contribution < 1.29 is 33.6 Å². The van der Waals surface area contributed by atoms with E-state index in [1.54, 1.807) is 26.8 Å². The van der Waals surface area contributed by atoms with Crippen molar-refractivity contribution in [3.63, 3.8) is 0 Å². The van der Waals surface area contributed by atoms with Crippen LogP contribution in [0.2, 0.25) is 0 Å². The fraction of sp³-hybridized carbons (Fsp3) is 0.641. The molecule has 2 aliphatic heterocycles. The lowest BCUT2D eigenvalue weighted by Gasteiger charge is -2.33. The Labute approximate surface area is 338 Å². The topological polar surface area (TPSA) is 271 Å². The number of carbonyl (C=O) groups is 7. The Kier molecular flexibility index (Phi) is 16.6. The maximum atomic E-state index is 14.4. The Balaban J connectivity index is 1.65. The highest BCUT2D eigenvalue weighted by Crippen LogP contribution is 2.28. The molecule has 1 aliphatic carbocycles. The Morgan fingerprint density at radius 2 is 1.68 bits per heavy atom. The summed E-state index contributed by atoms with van der Waals surface area (Å²) in [6, 6.07) is 2.20. The van der Waals surface area contributed by atoms with Gasteiger partial charge >= 0.3 is 0 Å². The minimum atomic E-state index is -1.16. The predicted molar refractivity (Wildman–Crippen MR) is 216 cm³/mol. The first-order valence-electron chi connectivity index (χ1n) is 19.8. The molecule has 18 heteroatoms. The lowest BCUT2D eigenvalue weighted by Crippen LogP contribution is -2.61. The van der Waals surface area contributed by atoms with E-state index in [0.29, 0.717) is 44.4 Å². The second-order valence-corrected chi connectivity index (χ2v) is 17.3. The van der Waals surface area contributed by atoms with Gasteiger partial charge in [0.2, 0.25) is 41.4 Å². The molecule has 1 saturated carbocycles. The molecule has 2 heterocycles. The molecule has 11 N–H and O–H groups in total. The number of primary amides is 1. The highest BCUT2D eigenvalue weighted by atomic mass is 32.2. The third-order valence-electron chi connectivity index (χ3n) is 10.6. The molecule has 1 aromatic rings. The molecule has 0 aromatic heterocycles. The minimum Gasteiger partial charge on any atom is -0.370 e. The molecule has 7 amide bonds. The largest absolute Gasteiger partial charge is 0.370 e. The van der Waals surface area contributed by atoms with Gasteiger partial charge < -0.3 is 48.3 Å². The predicted octanol–water partition coefficient (Wildman–Crippen LogP) is -0.103. The number of hydrogen-bond acceptors (Lipinski definition) is 9. The zero-order valence-electron chi connectivity index (χ0n) is 33.2. The van der Waals surface area contributed by atoms with Crippen LogP contribution in [0.3, 0.4) is 0 Å². The third kappa shape index (κ3) is 13.6. The van der Waals surface area contributed by atoms with E-state index in [-0.39, 0.29) is 55.4 Å². The monoisotopic (exact) mass is 812 g/mol. The molecule has 0 radical (unpaired) electrons. The SMILES string of the molecule is CC(C)(C)[C@H](NC(=O)[C@H](CCCNC(=N)N)NC(=O)[C@@H]1CSCc2cccc(c2)CC(=O)NCC(=O)N2CCC[C@H]2C(=O)N[C@@H](C2CCCCC2)C(=O)N1)C(N)=O. The molecule has 1 saturated heterocycles. The van der Waals surface area contributed by atoms with Gasteiger partial charge in [0.05, 0.1) is 13.0 Å². The van der Waals surface area contributed by atoms with E-state index in [9.17, 15) is 33.6 Å². The molecule has 3 aliphatic rings. The zero-order valence-corrected chi connectivity index (χ0v) is 34.1. The van der Waals surface area contributed by atoms with Crippen LogP contribution in [0.1, 0.15) is 89.7 Å². The standard InChI is InChI=1S/C39H60N10O7S/c1-39(2,3)32(33(40)52)48-34(53)26(14-8-16-43-38(41)42)45-35(54)27-22-57-21-24-11-7-10-23(18-24)19-29(50)44-20-30(51)49-17-9-15-28(49)36(55)47-31(37(56)46-27)25-12-5-4-6-13-25/h7,10-11,18,25-28,31-32H,4-6,8-9,12-17,19-22H2,1-3H3,(H2,40,52)(H,44,50)(H,45,54)(H,46,56)(H,47,55)(H,48,53)(H4,41,42,43)/t26-,27-,28-,31-,32+/m0/s1. The van der Waals surface area contributed by atoms with Gasteiger partial charge in [-0.25, -0.2) is 0 Å². The third-order valence-corrected chi connectivity index (χ3v) is 11.7. The normalized spacial score (nSPS) is 22.9. The van der Waals surface area contributed by atoms with Gasteiger partial charge in [0, 0.05) is 24.6 Å². The first kappa shape index (κ1) is 44.8. The van der Waals surface area contributed by atoms with Crippen molar-refractivity contribution in [1.29, 1.82) is 5.41 Å². The smallest absolute Gasteiger partial charge is 0.244 e. The van der Waals surface area contributed by atoms with Crippen molar-refractivity contribution in [3.05, 3.63) is 35.4 Å². The van der Waals surface area contributed by atoms with E-state index in [1.807, 2.05) is 18.2 Å². The summed E-state index contributed by atoms with van der Waals surface area (Å²) in [6.07, 6.45) is 5.53. The summed E-state index contributed by atoms with van der Waals surface area (Å²) < 4.78 is 0. The summed E-state index contributed by atoms with van der Waals surface area (Å²) >= 11 is 1.37. The summed E-state index contributed by atoms with van der Waals surface area (Å²) in [5.41, 5.74) is 11.9. The Bertz CT molecular complexity index is 1650. The number of nitrogens with two attached hydrogens (primary N) is 2. The summed E-state index contributed by atoms with van der Waals surface area (Å²) in [7, 11) is 0. The van der Waals surface area contributed by atoms with Gasteiger partial charge in [-0.3, -0.25) is 39.0 Å². The average molecular weight is 813 g/mol. The van der Waals surface area contributed by atoms with Gasteiger partial charge in [0.25, 0.3) is 0 Å². The highest BCUT2D eigenvalue weighted by molar-refractivity contribution is 7.98. The van der Waals surface area contributed by atoms with Gasteiger partial charge in [-0.15, -0.1) is 0 Å². The first-order valence-corrected chi connectivity index (χ1v) is 21.0. The van der Waals surface area contributed by atoms with Crippen LogP contribution in [0.5, 0.6) is 0 Å². The zero-order chi connectivity index (χ0) is 41.7. The van der Waals surface area contributed by atoms with Gasteiger partial charge in [-0.05, 0) is 61.0 Å². The maximum absolute atomic E-state index is 14.4. The van der Waals surface area contributed by atoms with Crippen LogP contribution in [-0.2, 0) is 45.7 Å². The van der Waals surface area contributed by atoms with Crippen molar-refractivity contribution in [2.75, 3.05) is 25.4 Å². The summed E-state index contributed by atoms with van der Waals surface area (Å²) in [4.78, 5) is 96.2. The summed E-state index contributed by atoms with van der Waals surface area (Å²) in [5.74, 6) is -3.75. The number of guanidine groups is 1.